The van der Waals surface area contributed by atoms with Gasteiger partial charge in [-0.25, -0.2) is 4.79 Å². The van der Waals surface area contributed by atoms with E-state index in [1.807, 2.05) is 40.0 Å². The Bertz CT molecular complexity index is 749. The summed E-state index contributed by atoms with van der Waals surface area (Å²) in [4.78, 5) is 39.0. The molecule has 2 rings (SSSR count). The molecular weight excluding hydrogens is 384 g/mol. The number of aryl methyl sites for hydroxylation is 3. The molecule has 3 amide bonds. The SMILES string of the molecule is CCOC(=O)N1CCC(NC(=O)C[NH+](C)CC(=O)Nc2c(C)cc(C)cc2C)CC1. The lowest BCUT2D eigenvalue weighted by Crippen LogP contribution is -3.11. The van der Waals surface area contributed by atoms with Crippen molar-refractivity contribution in [3.63, 3.8) is 0 Å². The molecule has 1 heterocycles. The van der Waals surface area contributed by atoms with Crippen LogP contribution in [0.5, 0.6) is 0 Å². The van der Waals surface area contributed by atoms with Crippen LogP contribution in [0.15, 0.2) is 12.1 Å². The van der Waals surface area contributed by atoms with Crippen LogP contribution in [0, 0.1) is 20.8 Å². The van der Waals surface area contributed by atoms with Crippen LogP contribution in [-0.2, 0) is 14.3 Å². The first kappa shape index (κ1) is 23.7. The largest absolute Gasteiger partial charge is 0.450 e. The Morgan fingerprint density at radius 2 is 1.63 bits per heavy atom. The number of quaternary nitrogens is 1. The molecule has 1 saturated heterocycles. The van der Waals surface area contributed by atoms with Crippen molar-refractivity contribution in [2.75, 3.05) is 45.2 Å². The van der Waals surface area contributed by atoms with Crippen molar-refractivity contribution in [3.8, 4) is 0 Å². The summed E-state index contributed by atoms with van der Waals surface area (Å²) >= 11 is 0. The molecule has 1 fully saturated rings. The smallest absolute Gasteiger partial charge is 0.409 e. The Morgan fingerprint density at radius 3 is 2.20 bits per heavy atom. The average Bonchev–Trinajstić information content (AvgIpc) is 2.65. The first-order valence-electron chi connectivity index (χ1n) is 10.6. The Hall–Kier alpha value is -2.61. The predicted molar refractivity (Wildman–Crippen MR) is 116 cm³/mol. The fourth-order valence-corrected chi connectivity index (χ4v) is 3.87. The molecule has 8 nitrogen and oxygen atoms in total. The van der Waals surface area contributed by atoms with E-state index in [0.29, 0.717) is 32.5 Å². The number of rotatable bonds is 7. The zero-order chi connectivity index (χ0) is 22.3. The number of ether oxygens (including phenoxy) is 1. The zero-order valence-corrected chi connectivity index (χ0v) is 18.8. The van der Waals surface area contributed by atoms with Gasteiger partial charge in [0.05, 0.1) is 13.7 Å². The molecule has 1 aliphatic rings. The van der Waals surface area contributed by atoms with Gasteiger partial charge in [0.2, 0.25) is 0 Å². The van der Waals surface area contributed by atoms with Crippen LogP contribution in [0.1, 0.15) is 36.5 Å². The van der Waals surface area contributed by atoms with E-state index in [9.17, 15) is 14.4 Å². The number of amides is 3. The topological polar surface area (TPSA) is 92.2 Å². The quantitative estimate of drug-likeness (QED) is 0.610. The van der Waals surface area contributed by atoms with Crippen LogP contribution in [0.3, 0.4) is 0 Å². The van der Waals surface area contributed by atoms with Crippen LogP contribution < -0.4 is 15.5 Å². The third-order valence-electron chi connectivity index (χ3n) is 5.25. The summed E-state index contributed by atoms with van der Waals surface area (Å²) in [5.74, 6) is -0.198. The van der Waals surface area contributed by atoms with Crippen LogP contribution in [-0.4, -0.2) is 68.7 Å². The van der Waals surface area contributed by atoms with Gasteiger partial charge in [0.1, 0.15) is 0 Å². The predicted octanol–water partition coefficient (Wildman–Crippen LogP) is 0.802. The number of nitrogens with one attached hydrogen (secondary N) is 3. The van der Waals surface area contributed by atoms with E-state index in [1.54, 1.807) is 11.8 Å². The van der Waals surface area contributed by atoms with Crippen molar-refractivity contribution in [1.82, 2.24) is 10.2 Å². The summed E-state index contributed by atoms with van der Waals surface area (Å²) in [5.41, 5.74) is 4.07. The molecule has 0 aliphatic carbocycles. The molecule has 1 aromatic carbocycles. The molecule has 8 heteroatoms. The summed E-state index contributed by atoms with van der Waals surface area (Å²) in [6.45, 7) is 9.71. The minimum Gasteiger partial charge on any atom is -0.450 e. The monoisotopic (exact) mass is 419 g/mol. The highest BCUT2D eigenvalue weighted by Gasteiger charge is 2.25. The maximum Gasteiger partial charge on any atom is 0.409 e. The Morgan fingerprint density at radius 1 is 1.07 bits per heavy atom. The fraction of sp³-hybridized carbons (Fsp3) is 0.591. The highest BCUT2D eigenvalue weighted by Crippen LogP contribution is 2.21. The summed E-state index contributed by atoms with van der Waals surface area (Å²) in [6, 6.07) is 4.13. The van der Waals surface area contributed by atoms with Gasteiger partial charge in [0.25, 0.3) is 11.8 Å². The number of nitrogens with zero attached hydrogens (tertiary/aromatic N) is 1. The molecule has 30 heavy (non-hydrogen) atoms. The second kappa shape index (κ2) is 11.0. The number of piperidine rings is 1. The van der Waals surface area contributed by atoms with Crippen LogP contribution in [0.2, 0.25) is 0 Å². The molecule has 1 atom stereocenters. The highest BCUT2D eigenvalue weighted by atomic mass is 16.6. The number of carbonyl (C=O) groups excluding carboxylic acids is 3. The van der Waals surface area contributed by atoms with Crippen molar-refractivity contribution in [1.29, 1.82) is 0 Å². The van der Waals surface area contributed by atoms with Gasteiger partial charge in [-0.2, -0.15) is 0 Å². The molecule has 1 aromatic rings. The molecule has 166 valence electrons. The minimum atomic E-state index is -0.295. The molecule has 3 N–H and O–H groups in total. The number of hydrogen-bond acceptors (Lipinski definition) is 4. The summed E-state index contributed by atoms with van der Waals surface area (Å²) in [7, 11) is 1.83. The molecule has 0 bridgehead atoms. The number of benzene rings is 1. The molecule has 1 aliphatic heterocycles. The standard InChI is InChI=1S/C22H34N4O4/c1-6-30-22(29)26-9-7-18(8-10-26)23-19(27)13-25(5)14-20(28)24-21-16(3)11-15(2)12-17(21)4/h11-12,18H,6-10,13-14H2,1-5H3,(H,23,27)(H,24,28)/p+1. The molecule has 0 spiro atoms. The van der Waals surface area contributed by atoms with Crippen LogP contribution >= 0.6 is 0 Å². The maximum atomic E-state index is 12.4. The van der Waals surface area contributed by atoms with Gasteiger partial charge in [0, 0.05) is 24.8 Å². The number of likely N-dealkylation sites (tertiary alicyclic amines) is 1. The van der Waals surface area contributed by atoms with E-state index in [1.165, 1.54) is 0 Å². The minimum absolute atomic E-state index is 0.0441. The summed E-state index contributed by atoms with van der Waals surface area (Å²) in [6.07, 6.45) is 1.11. The second-order valence-corrected chi connectivity index (χ2v) is 8.16. The maximum absolute atomic E-state index is 12.4. The van der Waals surface area contributed by atoms with Crippen molar-refractivity contribution in [2.24, 2.45) is 0 Å². The lowest BCUT2D eigenvalue weighted by molar-refractivity contribution is -0.862. The van der Waals surface area contributed by atoms with Crippen molar-refractivity contribution < 1.29 is 24.0 Å². The molecule has 1 unspecified atom stereocenters. The van der Waals surface area contributed by atoms with E-state index < -0.39 is 0 Å². The zero-order valence-electron chi connectivity index (χ0n) is 18.8. The molecule has 0 aromatic heterocycles. The lowest BCUT2D eigenvalue weighted by Gasteiger charge is -2.31. The number of carbonyl (C=O) groups is 3. The van der Waals surface area contributed by atoms with Gasteiger partial charge >= 0.3 is 6.09 Å². The van der Waals surface area contributed by atoms with E-state index in [0.717, 1.165) is 27.3 Å². The fourth-order valence-electron chi connectivity index (χ4n) is 3.87. The Kier molecular flexibility index (Phi) is 8.65. The van der Waals surface area contributed by atoms with Crippen LogP contribution in [0.4, 0.5) is 10.5 Å². The Labute approximate surface area is 178 Å². The molecule has 0 saturated carbocycles. The van der Waals surface area contributed by atoms with Gasteiger partial charge in [-0.05, 0) is 51.7 Å². The molecule has 0 radical (unpaired) electrons. The van der Waals surface area contributed by atoms with Crippen molar-refractivity contribution in [3.05, 3.63) is 28.8 Å². The highest BCUT2D eigenvalue weighted by molar-refractivity contribution is 5.93. The number of likely N-dealkylation sites (N-methyl/N-ethyl adjacent to an activating group) is 1. The van der Waals surface area contributed by atoms with Crippen molar-refractivity contribution in [2.45, 2.75) is 46.6 Å². The average molecular weight is 420 g/mol. The first-order valence-corrected chi connectivity index (χ1v) is 10.6. The van der Waals surface area contributed by atoms with Gasteiger partial charge in [-0.1, -0.05) is 17.7 Å². The lowest BCUT2D eigenvalue weighted by atomic mass is 10.1. The normalized spacial score (nSPS) is 15.4. The Balaban J connectivity index is 1.74. The van der Waals surface area contributed by atoms with E-state index in [4.69, 9.17) is 4.74 Å². The van der Waals surface area contributed by atoms with E-state index >= 15 is 0 Å². The van der Waals surface area contributed by atoms with Gasteiger partial charge in [-0.3, -0.25) is 9.59 Å². The first-order chi connectivity index (χ1) is 14.2. The van der Waals surface area contributed by atoms with Crippen LogP contribution in [0.25, 0.3) is 0 Å². The van der Waals surface area contributed by atoms with E-state index in [2.05, 4.69) is 10.6 Å². The van der Waals surface area contributed by atoms with Gasteiger partial charge in [-0.15, -0.1) is 0 Å². The third kappa shape index (κ3) is 7.02. The summed E-state index contributed by atoms with van der Waals surface area (Å²) in [5, 5.41) is 5.99. The second-order valence-electron chi connectivity index (χ2n) is 8.16. The van der Waals surface area contributed by atoms with E-state index in [-0.39, 0.29) is 37.0 Å². The van der Waals surface area contributed by atoms with Gasteiger partial charge in [0.15, 0.2) is 13.1 Å². The summed E-state index contributed by atoms with van der Waals surface area (Å²) < 4.78 is 5.01. The molecular formula is C22H35N4O4+. The van der Waals surface area contributed by atoms with Gasteiger partial charge < -0.3 is 25.2 Å². The van der Waals surface area contributed by atoms with Crippen molar-refractivity contribution >= 4 is 23.6 Å². The third-order valence-corrected chi connectivity index (χ3v) is 5.25. The number of hydrogen-bond donors (Lipinski definition) is 3. The number of anilines is 1.